The van der Waals surface area contributed by atoms with E-state index in [1.165, 1.54) is 0 Å². The number of aryl methyl sites for hydroxylation is 1. The molecule has 0 atom stereocenters. The number of para-hydroxylation sites is 1. The molecule has 0 radical (unpaired) electrons. The molecule has 202 valence electrons. The third kappa shape index (κ3) is 5.49. The van der Waals surface area contributed by atoms with Gasteiger partial charge in [0.25, 0.3) is 5.91 Å². The highest BCUT2D eigenvalue weighted by Crippen LogP contribution is 2.30. The van der Waals surface area contributed by atoms with Crippen molar-refractivity contribution in [3.05, 3.63) is 107 Å². The monoisotopic (exact) mass is 552 g/mol. The zero-order valence-corrected chi connectivity index (χ0v) is 23.0. The first-order valence-electron chi connectivity index (χ1n) is 13.3. The van der Waals surface area contributed by atoms with Crippen LogP contribution in [0.3, 0.4) is 0 Å². The van der Waals surface area contributed by atoms with Crippen molar-refractivity contribution >= 4 is 34.4 Å². The van der Waals surface area contributed by atoms with E-state index in [0.29, 0.717) is 43.4 Å². The number of anilines is 1. The van der Waals surface area contributed by atoms with Crippen molar-refractivity contribution in [1.29, 1.82) is 0 Å². The second kappa shape index (κ2) is 11.4. The summed E-state index contributed by atoms with van der Waals surface area (Å²) in [5.41, 5.74) is 3.75. The number of fused-ring (bicyclic) bond motifs is 1. The number of carbonyl (C=O) groups excluding carboxylic acids is 1. The van der Waals surface area contributed by atoms with Crippen molar-refractivity contribution < 1.29 is 9.53 Å². The minimum atomic E-state index is -0.0414. The number of hydrogen-bond donors (Lipinski definition) is 0. The van der Waals surface area contributed by atoms with Gasteiger partial charge in [-0.1, -0.05) is 60.1 Å². The molecule has 9 heteroatoms. The van der Waals surface area contributed by atoms with Crippen LogP contribution >= 0.6 is 11.6 Å². The predicted molar refractivity (Wildman–Crippen MR) is 156 cm³/mol. The highest BCUT2D eigenvalue weighted by molar-refractivity contribution is 6.30. The predicted octanol–water partition coefficient (Wildman–Crippen LogP) is 5.10. The Labute approximate surface area is 237 Å². The molecule has 0 spiro atoms. The number of piperazine rings is 1. The smallest absolute Gasteiger partial charge is 0.260 e. The van der Waals surface area contributed by atoms with Crippen molar-refractivity contribution in [1.82, 2.24) is 24.6 Å². The van der Waals surface area contributed by atoms with Crippen molar-refractivity contribution in [3.63, 3.8) is 0 Å². The normalized spacial score (nSPS) is 13.6. The molecule has 0 N–H and O–H groups in total. The zero-order valence-electron chi connectivity index (χ0n) is 22.2. The maximum atomic E-state index is 12.9. The molecule has 5 aromatic rings. The summed E-state index contributed by atoms with van der Waals surface area (Å²) in [6.07, 6.45) is 0.614. The Balaban J connectivity index is 1.26. The average molecular weight is 553 g/mol. The molecule has 1 aliphatic rings. The summed E-state index contributed by atoms with van der Waals surface area (Å²) in [5, 5.41) is 6.43. The van der Waals surface area contributed by atoms with E-state index in [9.17, 15) is 4.79 Å². The molecule has 0 unspecified atom stereocenters. The lowest BCUT2D eigenvalue weighted by atomic mass is 10.1. The van der Waals surface area contributed by atoms with E-state index < -0.39 is 0 Å². The number of rotatable bonds is 7. The maximum absolute atomic E-state index is 12.9. The number of aromatic nitrogens is 4. The molecule has 1 saturated heterocycles. The maximum Gasteiger partial charge on any atom is 0.260 e. The molecule has 8 nitrogen and oxygen atoms in total. The number of ether oxygens (including phenoxy) is 1. The summed E-state index contributed by atoms with van der Waals surface area (Å²) in [4.78, 5) is 27.0. The number of halogens is 1. The molecule has 0 saturated carbocycles. The number of carbonyl (C=O) groups is 1. The van der Waals surface area contributed by atoms with Gasteiger partial charge in [-0.25, -0.2) is 14.6 Å². The molecule has 6 rings (SSSR count). The van der Waals surface area contributed by atoms with Crippen LogP contribution in [0.25, 0.3) is 16.7 Å². The van der Waals surface area contributed by atoms with Gasteiger partial charge in [0.05, 0.1) is 16.8 Å². The summed E-state index contributed by atoms with van der Waals surface area (Å²) in [5.74, 6) is 2.18. The summed E-state index contributed by atoms with van der Waals surface area (Å²) in [6, 6.07) is 27.3. The fourth-order valence-electron chi connectivity index (χ4n) is 4.98. The molecule has 40 heavy (non-hydrogen) atoms. The van der Waals surface area contributed by atoms with Crippen LogP contribution in [0.5, 0.6) is 5.75 Å². The zero-order chi connectivity index (χ0) is 27.5. The highest BCUT2D eigenvalue weighted by atomic mass is 35.5. The third-order valence-electron chi connectivity index (χ3n) is 7.04. The van der Waals surface area contributed by atoms with E-state index in [0.717, 1.165) is 39.6 Å². The first-order valence-corrected chi connectivity index (χ1v) is 13.7. The summed E-state index contributed by atoms with van der Waals surface area (Å²) >= 11 is 5.94. The van der Waals surface area contributed by atoms with Gasteiger partial charge in [-0.05, 0) is 48.9 Å². The van der Waals surface area contributed by atoms with E-state index >= 15 is 0 Å². The van der Waals surface area contributed by atoms with E-state index in [2.05, 4.69) is 17.0 Å². The minimum absolute atomic E-state index is 0.0104. The van der Waals surface area contributed by atoms with Crippen LogP contribution < -0.4 is 9.64 Å². The van der Waals surface area contributed by atoms with Crippen molar-refractivity contribution in [3.8, 4) is 11.4 Å². The molecule has 0 aliphatic carbocycles. The van der Waals surface area contributed by atoms with E-state index in [1.807, 2.05) is 65.0 Å². The van der Waals surface area contributed by atoms with Crippen LogP contribution in [-0.2, 0) is 11.2 Å². The van der Waals surface area contributed by atoms with Gasteiger partial charge in [-0.2, -0.15) is 5.10 Å². The molecular weight excluding hydrogens is 524 g/mol. The molecule has 0 bridgehead atoms. The quantitative estimate of drug-likeness (QED) is 0.280. The third-order valence-corrected chi connectivity index (χ3v) is 7.30. The number of benzene rings is 3. The van der Waals surface area contributed by atoms with Gasteiger partial charge in [0.1, 0.15) is 17.4 Å². The average Bonchev–Trinajstić information content (AvgIpc) is 3.33. The fraction of sp³-hybridized carbons (Fsp3) is 0.226. The Bertz CT molecular complexity index is 1620. The Morgan fingerprint density at radius 3 is 2.25 bits per heavy atom. The second-order valence-corrected chi connectivity index (χ2v) is 10.2. The molecule has 1 aliphatic heterocycles. The Morgan fingerprint density at radius 1 is 0.875 bits per heavy atom. The topological polar surface area (TPSA) is 76.4 Å². The van der Waals surface area contributed by atoms with Crippen LogP contribution in [0, 0.1) is 6.92 Å². The lowest BCUT2D eigenvalue weighted by molar-refractivity contribution is -0.133. The molecule has 2 aromatic heterocycles. The molecular formula is C31H29ClN6O2. The van der Waals surface area contributed by atoms with Gasteiger partial charge in [0, 0.05) is 37.6 Å². The SMILES string of the molecule is Cc1nn(-c2ccccc2)c2nc(Cc3ccccc3)nc(N3CCN(C(=O)COc4ccc(Cl)cc4)CC3)c12. The molecule has 3 aromatic carbocycles. The van der Waals surface area contributed by atoms with Crippen molar-refractivity contribution in [2.24, 2.45) is 0 Å². The van der Waals surface area contributed by atoms with Crippen LogP contribution in [-0.4, -0.2) is 63.3 Å². The van der Waals surface area contributed by atoms with E-state index in [4.69, 9.17) is 31.4 Å². The minimum Gasteiger partial charge on any atom is -0.484 e. The number of nitrogens with zero attached hydrogens (tertiary/aromatic N) is 6. The van der Waals surface area contributed by atoms with Gasteiger partial charge in [0.15, 0.2) is 12.3 Å². The van der Waals surface area contributed by atoms with E-state index in [1.54, 1.807) is 24.3 Å². The fourth-order valence-corrected chi connectivity index (χ4v) is 5.10. The second-order valence-electron chi connectivity index (χ2n) is 9.77. The van der Waals surface area contributed by atoms with Crippen LogP contribution in [0.4, 0.5) is 5.82 Å². The Morgan fingerprint density at radius 2 is 1.55 bits per heavy atom. The van der Waals surface area contributed by atoms with Crippen LogP contribution in [0.1, 0.15) is 17.1 Å². The van der Waals surface area contributed by atoms with E-state index in [-0.39, 0.29) is 12.5 Å². The molecule has 1 amide bonds. The first kappa shape index (κ1) is 25.8. The standard InChI is InChI=1S/C31H29ClN6O2/c1-22-29-30(37-18-16-36(17-19-37)28(39)21-40-26-14-12-24(32)13-15-26)33-27(20-23-8-4-2-5-9-23)34-31(29)38(35-22)25-10-6-3-7-11-25/h2-15H,16-21H2,1H3. The number of amides is 1. The van der Waals surface area contributed by atoms with Gasteiger partial charge in [0.2, 0.25) is 0 Å². The van der Waals surface area contributed by atoms with Crippen LogP contribution in [0.15, 0.2) is 84.9 Å². The number of hydrogen-bond acceptors (Lipinski definition) is 6. The summed E-state index contributed by atoms with van der Waals surface area (Å²) in [7, 11) is 0. The van der Waals surface area contributed by atoms with Gasteiger partial charge >= 0.3 is 0 Å². The van der Waals surface area contributed by atoms with Gasteiger partial charge in [-0.3, -0.25) is 4.79 Å². The van der Waals surface area contributed by atoms with Crippen molar-refractivity contribution in [2.75, 3.05) is 37.7 Å². The Kier molecular flexibility index (Phi) is 7.33. The lowest BCUT2D eigenvalue weighted by Gasteiger charge is -2.35. The van der Waals surface area contributed by atoms with Gasteiger partial charge in [-0.15, -0.1) is 0 Å². The van der Waals surface area contributed by atoms with Crippen LogP contribution in [0.2, 0.25) is 5.02 Å². The van der Waals surface area contributed by atoms with Gasteiger partial charge < -0.3 is 14.5 Å². The molecule has 3 heterocycles. The van der Waals surface area contributed by atoms with Crippen molar-refractivity contribution in [2.45, 2.75) is 13.3 Å². The summed E-state index contributed by atoms with van der Waals surface area (Å²) < 4.78 is 7.58. The molecule has 1 fully saturated rings. The summed E-state index contributed by atoms with van der Waals surface area (Å²) in [6.45, 7) is 4.45. The Hall–Kier alpha value is -4.43. The first-order chi connectivity index (χ1) is 19.5. The largest absolute Gasteiger partial charge is 0.484 e. The lowest BCUT2D eigenvalue weighted by Crippen LogP contribution is -2.50. The highest BCUT2D eigenvalue weighted by Gasteiger charge is 2.26.